The molecule has 3 N–H and O–H groups in total. The molecule has 1 aromatic carbocycles. The van der Waals surface area contributed by atoms with Gasteiger partial charge in [-0.25, -0.2) is 0 Å². The van der Waals surface area contributed by atoms with Crippen molar-refractivity contribution in [2.24, 2.45) is 11.7 Å². The van der Waals surface area contributed by atoms with E-state index in [0.717, 1.165) is 35.3 Å². The molecule has 8 heteroatoms. The normalized spacial score (nSPS) is 15.6. The predicted molar refractivity (Wildman–Crippen MR) is 110 cm³/mol. The molecule has 0 radical (unpaired) electrons. The highest BCUT2D eigenvalue weighted by Crippen LogP contribution is 2.39. The fourth-order valence-electron chi connectivity index (χ4n) is 3.56. The number of nitrogens with one attached hydrogen (secondary N) is 1. The monoisotopic (exact) mass is 411 g/mol. The Hall–Kier alpha value is -3.13. The fraction of sp³-hybridized carbons (Fsp3) is 0.286. The second-order valence-corrected chi connectivity index (χ2v) is 8.29. The van der Waals surface area contributed by atoms with E-state index >= 15 is 0 Å². The number of amides is 2. The average molecular weight is 411 g/mol. The van der Waals surface area contributed by atoms with Crippen LogP contribution >= 0.6 is 11.3 Å². The van der Waals surface area contributed by atoms with Crippen LogP contribution in [0.5, 0.6) is 5.75 Å². The van der Waals surface area contributed by atoms with Crippen molar-refractivity contribution >= 4 is 28.2 Å². The van der Waals surface area contributed by atoms with E-state index in [4.69, 9.17) is 15.0 Å². The van der Waals surface area contributed by atoms with Gasteiger partial charge < -0.3 is 20.3 Å². The molecular weight excluding hydrogens is 390 g/mol. The van der Waals surface area contributed by atoms with Crippen LogP contribution in [0.3, 0.4) is 0 Å². The molecule has 0 aliphatic heterocycles. The molecule has 7 nitrogen and oxygen atoms in total. The first-order valence-corrected chi connectivity index (χ1v) is 10.1. The van der Waals surface area contributed by atoms with Crippen LogP contribution < -0.4 is 15.8 Å². The van der Waals surface area contributed by atoms with Crippen LogP contribution in [0.4, 0.5) is 5.00 Å². The molecule has 0 saturated heterocycles. The van der Waals surface area contributed by atoms with Crippen molar-refractivity contribution in [2.75, 3.05) is 12.4 Å². The van der Waals surface area contributed by atoms with Crippen molar-refractivity contribution in [3.63, 3.8) is 0 Å². The van der Waals surface area contributed by atoms with Gasteiger partial charge in [-0.05, 0) is 42.9 Å². The van der Waals surface area contributed by atoms with Crippen molar-refractivity contribution in [3.05, 3.63) is 52.0 Å². The maximum absolute atomic E-state index is 12.7. The maximum Gasteiger partial charge on any atom is 0.278 e. The number of hydrogen-bond acceptors (Lipinski definition) is 6. The molecule has 150 valence electrons. The Morgan fingerprint density at radius 1 is 1.34 bits per heavy atom. The van der Waals surface area contributed by atoms with E-state index in [1.54, 1.807) is 19.2 Å². The van der Waals surface area contributed by atoms with Crippen molar-refractivity contribution in [1.82, 2.24) is 5.16 Å². The van der Waals surface area contributed by atoms with E-state index in [2.05, 4.69) is 17.4 Å². The third-order valence-electron chi connectivity index (χ3n) is 5.08. The van der Waals surface area contributed by atoms with Gasteiger partial charge in [0.2, 0.25) is 0 Å². The van der Waals surface area contributed by atoms with E-state index < -0.39 is 11.8 Å². The summed E-state index contributed by atoms with van der Waals surface area (Å²) in [5.74, 6) is 0.700. The molecule has 0 saturated carbocycles. The number of benzene rings is 1. The lowest BCUT2D eigenvalue weighted by Crippen LogP contribution is -2.19. The zero-order valence-electron chi connectivity index (χ0n) is 16.2. The SMILES string of the molecule is COc1cccc(-c2cc(C(=O)Nc3sc4c(c3C(N)=O)CC[C@H](C)C4)no2)c1. The smallest absolute Gasteiger partial charge is 0.278 e. The van der Waals surface area contributed by atoms with Gasteiger partial charge in [-0.1, -0.05) is 24.2 Å². The largest absolute Gasteiger partial charge is 0.497 e. The van der Waals surface area contributed by atoms with Crippen LogP contribution in [0, 0.1) is 5.92 Å². The van der Waals surface area contributed by atoms with Crippen molar-refractivity contribution in [2.45, 2.75) is 26.2 Å². The van der Waals surface area contributed by atoms with Crippen LogP contribution in [0.15, 0.2) is 34.9 Å². The Morgan fingerprint density at radius 3 is 2.93 bits per heavy atom. The number of ether oxygens (including phenoxy) is 1. The average Bonchev–Trinajstić information content (AvgIpc) is 3.32. The molecule has 2 aromatic heterocycles. The number of rotatable bonds is 5. The number of thiophene rings is 1. The molecule has 29 heavy (non-hydrogen) atoms. The Balaban J connectivity index is 1.59. The zero-order chi connectivity index (χ0) is 20.5. The molecule has 4 rings (SSSR count). The van der Waals surface area contributed by atoms with Crippen LogP contribution in [0.25, 0.3) is 11.3 Å². The summed E-state index contributed by atoms with van der Waals surface area (Å²) in [6.07, 6.45) is 2.69. The summed E-state index contributed by atoms with van der Waals surface area (Å²) < 4.78 is 10.5. The van der Waals surface area contributed by atoms with Crippen LogP contribution in [0.1, 0.15) is 44.6 Å². The summed E-state index contributed by atoms with van der Waals surface area (Å²) in [7, 11) is 1.58. The second-order valence-electron chi connectivity index (χ2n) is 7.18. The van der Waals surface area contributed by atoms with Gasteiger partial charge in [-0.2, -0.15) is 0 Å². The maximum atomic E-state index is 12.7. The molecule has 0 spiro atoms. The van der Waals surface area contributed by atoms with Crippen LogP contribution in [-0.2, 0) is 12.8 Å². The minimum absolute atomic E-state index is 0.123. The first kappa shape index (κ1) is 19.2. The Bertz CT molecular complexity index is 1090. The van der Waals surface area contributed by atoms with Gasteiger partial charge in [0.15, 0.2) is 11.5 Å². The van der Waals surface area contributed by atoms with Gasteiger partial charge in [-0.15, -0.1) is 11.3 Å². The van der Waals surface area contributed by atoms with E-state index in [-0.39, 0.29) is 5.69 Å². The van der Waals surface area contributed by atoms with Gasteiger partial charge in [-0.3, -0.25) is 9.59 Å². The van der Waals surface area contributed by atoms with E-state index in [9.17, 15) is 9.59 Å². The van der Waals surface area contributed by atoms with Crippen molar-refractivity contribution < 1.29 is 18.8 Å². The lowest BCUT2D eigenvalue weighted by atomic mass is 9.88. The topological polar surface area (TPSA) is 107 Å². The van der Waals surface area contributed by atoms with E-state index in [0.29, 0.717) is 28.0 Å². The van der Waals surface area contributed by atoms with Crippen molar-refractivity contribution in [1.29, 1.82) is 0 Å². The number of primary amides is 1. The number of fused-ring (bicyclic) bond motifs is 1. The Morgan fingerprint density at radius 2 is 2.17 bits per heavy atom. The molecule has 0 bridgehead atoms. The summed E-state index contributed by atoms with van der Waals surface area (Å²) >= 11 is 1.42. The predicted octanol–water partition coefficient (Wildman–Crippen LogP) is 3.89. The van der Waals surface area contributed by atoms with E-state index in [1.165, 1.54) is 11.3 Å². The quantitative estimate of drug-likeness (QED) is 0.662. The van der Waals surface area contributed by atoms with E-state index in [1.807, 2.05) is 18.2 Å². The molecule has 1 aliphatic rings. The third kappa shape index (κ3) is 3.75. The van der Waals surface area contributed by atoms with Gasteiger partial charge >= 0.3 is 0 Å². The fourth-order valence-corrected chi connectivity index (χ4v) is 4.97. The van der Waals surface area contributed by atoms with Crippen LogP contribution in [-0.4, -0.2) is 24.1 Å². The summed E-state index contributed by atoms with van der Waals surface area (Å²) in [6.45, 7) is 2.18. The number of nitrogens with two attached hydrogens (primary N) is 1. The number of hydrogen-bond donors (Lipinski definition) is 2. The number of methoxy groups -OCH3 is 1. The highest BCUT2D eigenvalue weighted by molar-refractivity contribution is 7.17. The minimum atomic E-state index is -0.524. The number of carbonyl (C=O) groups excluding carboxylic acids is 2. The lowest BCUT2D eigenvalue weighted by molar-refractivity contribution is 0.1000. The standard InChI is InChI=1S/C21H21N3O4S/c1-11-6-7-14-17(8-11)29-21(18(14)19(22)25)23-20(26)15-10-16(28-24-15)12-4-3-5-13(9-12)27-2/h3-5,9-11H,6-8H2,1-2H3,(H2,22,25)(H,23,26)/t11-/m0/s1. The first-order chi connectivity index (χ1) is 14.0. The third-order valence-corrected chi connectivity index (χ3v) is 6.25. The molecule has 0 fully saturated rings. The summed E-state index contributed by atoms with van der Waals surface area (Å²) in [6, 6.07) is 8.83. The molecular formula is C21H21N3O4S. The van der Waals surface area contributed by atoms with Gasteiger partial charge in [0.25, 0.3) is 11.8 Å². The highest BCUT2D eigenvalue weighted by atomic mass is 32.1. The van der Waals surface area contributed by atoms with Gasteiger partial charge in [0, 0.05) is 16.5 Å². The summed E-state index contributed by atoms with van der Waals surface area (Å²) in [5, 5.41) is 7.15. The molecule has 3 aromatic rings. The van der Waals surface area contributed by atoms with Gasteiger partial charge in [0.05, 0.1) is 12.7 Å². The molecule has 1 atom stereocenters. The number of nitrogens with zero attached hydrogens (tertiary/aromatic N) is 1. The number of anilines is 1. The second kappa shape index (κ2) is 7.71. The zero-order valence-corrected chi connectivity index (χ0v) is 17.0. The van der Waals surface area contributed by atoms with Gasteiger partial charge in [0.1, 0.15) is 10.8 Å². The number of aromatic nitrogens is 1. The minimum Gasteiger partial charge on any atom is -0.497 e. The lowest BCUT2D eigenvalue weighted by Gasteiger charge is -2.18. The molecule has 2 amide bonds. The Kier molecular flexibility index (Phi) is 5.10. The molecule has 1 aliphatic carbocycles. The number of carbonyl (C=O) groups is 2. The molecule has 2 heterocycles. The summed E-state index contributed by atoms with van der Waals surface area (Å²) in [5.41, 5.74) is 7.86. The highest BCUT2D eigenvalue weighted by Gasteiger charge is 2.28. The first-order valence-electron chi connectivity index (χ1n) is 9.33. The van der Waals surface area contributed by atoms with Crippen LogP contribution in [0.2, 0.25) is 0 Å². The Labute approximate surface area is 171 Å². The molecule has 0 unspecified atom stereocenters. The summed E-state index contributed by atoms with van der Waals surface area (Å²) in [4.78, 5) is 25.9. The van der Waals surface area contributed by atoms with Crippen molar-refractivity contribution in [3.8, 4) is 17.1 Å².